The number of carbonyl (C=O) groups excluding carboxylic acids is 2. The van der Waals surface area contributed by atoms with Crippen LogP contribution in [0.4, 0.5) is 11.4 Å². The number of Topliss-reactive ketones (excluding diaryl/α,β-unsaturated/α-hetero) is 1. The van der Waals surface area contributed by atoms with Crippen molar-refractivity contribution in [3.8, 4) is 6.07 Å². The second-order valence-corrected chi connectivity index (χ2v) is 10.2. The lowest BCUT2D eigenvalue weighted by Crippen LogP contribution is -2.52. The summed E-state index contributed by atoms with van der Waals surface area (Å²) >= 11 is 0. The molecule has 0 saturated carbocycles. The van der Waals surface area contributed by atoms with Gasteiger partial charge in [-0.15, -0.1) is 0 Å². The molecule has 1 atom stereocenters. The zero-order valence-corrected chi connectivity index (χ0v) is 20.0. The molecule has 5 rings (SSSR count). The summed E-state index contributed by atoms with van der Waals surface area (Å²) in [6.07, 6.45) is 1.75. The lowest BCUT2D eigenvalue weighted by Gasteiger charge is -2.46. The third-order valence-corrected chi connectivity index (χ3v) is 7.25. The quantitative estimate of drug-likeness (QED) is 0.694. The first-order chi connectivity index (χ1) is 16.1. The summed E-state index contributed by atoms with van der Waals surface area (Å²) in [6, 6.07) is 15.8. The zero-order chi connectivity index (χ0) is 24.4. The van der Waals surface area contributed by atoms with Gasteiger partial charge < -0.3 is 11.1 Å². The van der Waals surface area contributed by atoms with Crippen molar-refractivity contribution in [2.45, 2.75) is 52.4 Å². The second-order valence-electron chi connectivity index (χ2n) is 10.2. The van der Waals surface area contributed by atoms with Crippen LogP contribution in [0.3, 0.4) is 0 Å². The van der Waals surface area contributed by atoms with E-state index < -0.39 is 11.3 Å². The summed E-state index contributed by atoms with van der Waals surface area (Å²) in [5, 5.41) is 13.3. The van der Waals surface area contributed by atoms with Gasteiger partial charge in [-0.1, -0.05) is 50.6 Å². The van der Waals surface area contributed by atoms with E-state index in [-0.39, 0.29) is 22.6 Å². The number of hydrogen-bond donors (Lipinski definition) is 2. The fraction of sp³-hybridized carbons (Fsp3) is 0.321. The maximum Gasteiger partial charge on any atom is 0.245 e. The fourth-order valence-corrected chi connectivity index (χ4v) is 5.71. The monoisotopic (exact) mass is 452 g/mol. The minimum atomic E-state index is -1.54. The first-order valence-electron chi connectivity index (χ1n) is 11.6. The van der Waals surface area contributed by atoms with Crippen LogP contribution in [0.1, 0.15) is 50.3 Å². The first kappa shape index (κ1) is 22.0. The molecule has 2 aromatic carbocycles. The molecule has 34 heavy (non-hydrogen) atoms. The van der Waals surface area contributed by atoms with Crippen molar-refractivity contribution in [3.63, 3.8) is 0 Å². The van der Waals surface area contributed by atoms with Crippen LogP contribution in [0, 0.1) is 23.7 Å². The highest BCUT2D eigenvalue weighted by Gasteiger charge is 2.61. The Hall–Kier alpha value is -3.85. The number of nitrogens with two attached hydrogens (primary N) is 1. The molecule has 1 aliphatic carbocycles. The number of carbonyl (C=O) groups is 2. The minimum absolute atomic E-state index is 0.0979. The van der Waals surface area contributed by atoms with Gasteiger partial charge in [0.15, 0.2) is 5.78 Å². The van der Waals surface area contributed by atoms with E-state index in [1.807, 2.05) is 68.1 Å². The zero-order valence-electron chi connectivity index (χ0n) is 20.0. The number of amides is 1. The van der Waals surface area contributed by atoms with E-state index in [9.17, 15) is 14.9 Å². The molecule has 0 fully saturated rings. The van der Waals surface area contributed by atoms with Crippen LogP contribution >= 0.6 is 0 Å². The van der Waals surface area contributed by atoms with E-state index >= 15 is 0 Å². The number of fused-ring (bicyclic) bond motifs is 3. The Kier molecular flexibility index (Phi) is 4.73. The maximum atomic E-state index is 13.9. The van der Waals surface area contributed by atoms with E-state index in [4.69, 9.17) is 5.73 Å². The van der Waals surface area contributed by atoms with Crippen LogP contribution in [0.15, 0.2) is 65.1 Å². The molecule has 6 nitrogen and oxygen atoms in total. The summed E-state index contributed by atoms with van der Waals surface area (Å²) in [7, 11) is 0. The highest BCUT2D eigenvalue weighted by molar-refractivity contribution is 6.20. The molecule has 0 bridgehead atoms. The van der Waals surface area contributed by atoms with Crippen LogP contribution in [0.5, 0.6) is 0 Å². The molecule has 1 amide bonds. The van der Waals surface area contributed by atoms with Gasteiger partial charge >= 0.3 is 0 Å². The Balaban J connectivity index is 1.87. The number of benzene rings is 2. The second kappa shape index (κ2) is 7.33. The van der Waals surface area contributed by atoms with E-state index in [1.165, 1.54) is 5.56 Å². The van der Waals surface area contributed by atoms with E-state index in [0.29, 0.717) is 35.4 Å². The number of allylic oxidation sites excluding steroid dienone is 1. The SMILES string of the molecule is CCc1ccc(N2C(N)=C(C#N)C3(C(=O)Nc4ccc(C)cc43)C3=C2CC(C)(C)CC3=O)cc1. The summed E-state index contributed by atoms with van der Waals surface area (Å²) in [4.78, 5) is 29.4. The molecular weight excluding hydrogens is 424 g/mol. The lowest BCUT2D eigenvalue weighted by atomic mass is 9.60. The van der Waals surface area contributed by atoms with Gasteiger partial charge in [-0.3, -0.25) is 14.5 Å². The largest absolute Gasteiger partial charge is 0.384 e. The number of rotatable bonds is 2. The third-order valence-electron chi connectivity index (χ3n) is 7.25. The van der Waals surface area contributed by atoms with Crippen molar-refractivity contribution in [1.82, 2.24) is 0 Å². The molecule has 1 spiro atoms. The third kappa shape index (κ3) is 2.86. The van der Waals surface area contributed by atoms with Crippen LogP contribution in [-0.2, 0) is 21.4 Å². The standard InChI is InChI=1S/C28H28N4O2/c1-5-17-7-9-18(10-8-17)32-22-13-27(3,4)14-23(33)24(22)28(20(15-29)25(32)30)19-12-16(2)6-11-21(19)31-26(28)34/h6-12H,5,13-14,30H2,1-4H3,(H,31,34). The molecule has 0 aromatic heterocycles. The minimum Gasteiger partial charge on any atom is -0.384 e. The van der Waals surface area contributed by atoms with Gasteiger partial charge in [0.2, 0.25) is 5.91 Å². The Bertz CT molecular complexity index is 1360. The predicted molar refractivity (Wildman–Crippen MR) is 132 cm³/mol. The summed E-state index contributed by atoms with van der Waals surface area (Å²) in [6.45, 7) is 8.11. The van der Waals surface area contributed by atoms with Crippen molar-refractivity contribution in [2.24, 2.45) is 11.1 Å². The van der Waals surface area contributed by atoms with Crippen molar-refractivity contribution in [3.05, 3.63) is 81.8 Å². The van der Waals surface area contributed by atoms with E-state index in [1.54, 1.807) is 0 Å². The van der Waals surface area contributed by atoms with Gasteiger partial charge in [-0.2, -0.15) is 5.26 Å². The van der Waals surface area contributed by atoms with Gasteiger partial charge in [0.25, 0.3) is 0 Å². The molecule has 6 heteroatoms. The van der Waals surface area contributed by atoms with Crippen LogP contribution in [-0.4, -0.2) is 11.7 Å². The van der Waals surface area contributed by atoms with Gasteiger partial charge in [0.1, 0.15) is 17.3 Å². The molecular formula is C28H28N4O2. The number of nitrogens with one attached hydrogen (secondary N) is 1. The summed E-state index contributed by atoms with van der Waals surface area (Å²) in [5.41, 5.74) is 10.2. The van der Waals surface area contributed by atoms with Crippen molar-refractivity contribution < 1.29 is 9.59 Å². The first-order valence-corrected chi connectivity index (χ1v) is 11.6. The predicted octanol–water partition coefficient (Wildman–Crippen LogP) is 4.60. The fourth-order valence-electron chi connectivity index (χ4n) is 5.71. The van der Waals surface area contributed by atoms with E-state index in [2.05, 4.69) is 18.3 Å². The molecule has 2 heterocycles. The molecule has 3 N–H and O–H groups in total. The van der Waals surface area contributed by atoms with Crippen LogP contribution in [0.2, 0.25) is 0 Å². The highest BCUT2D eigenvalue weighted by atomic mass is 16.2. The number of aryl methyl sites for hydroxylation is 2. The number of hydrogen-bond acceptors (Lipinski definition) is 5. The van der Waals surface area contributed by atoms with Crippen LogP contribution in [0.25, 0.3) is 0 Å². The van der Waals surface area contributed by atoms with Crippen molar-refractivity contribution in [2.75, 3.05) is 10.2 Å². The lowest BCUT2D eigenvalue weighted by molar-refractivity contribution is -0.123. The smallest absolute Gasteiger partial charge is 0.245 e. The molecule has 0 radical (unpaired) electrons. The maximum absolute atomic E-state index is 13.9. The molecule has 3 aliphatic rings. The average Bonchev–Trinajstić information content (AvgIpc) is 3.05. The van der Waals surface area contributed by atoms with Crippen molar-refractivity contribution >= 4 is 23.1 Å². The molecule has 172 valence electrons. The molecule has 2 aliphatic heterocycles. The summed E-state index contributed by atoms with van der Waals surface area (Å²) in [5.74, 6) is -0.319. The highest BCUT2D eigenvalue weighted by Crippen LogP contribution is 2.57. The molecule has 1 unspecified atom stereocenters. The van der Waals surface area contributed by atoms with Crippen molar-refractivity contribution in [1.29, 1.82) is 5.26 Å². The Morgan fingerprint density at radius 2 is 1.82 bits per heavy atom. The van der Waals surface area contributed by atoms with Gasteiger partial charge in [0.05, 0.1) is 5.57 Å². The Morgan fingerprint density at radius 3 is 2.47 bits per heavy atom. The molecule has 0 saturated heterocycles. The topological polar surface area (TPSA) is 99.2 Å². The average molecular weight is 453 g/mol. The normalized spacial score (nSPS) is 23.1. The molecule has 2 aromatic rings. The number of ketones is 1. The number of nitriles is 1. The van der Waals surface area contributed by atoms with Gasteiger partial charge in [-0.05, 0) is 48.9 Å². The summed E-state index contributed by atoms with van der Waals surface area (Å²) < 4.78 is 0. The van der Waals surface area contributed by atoms with Gasteiger partial charge in [-0.25, -0.2) is 0 Å². The number of nitrogens with zero attached hydrogens (tertiary/aromatic N) is 2. The Labute approximate surface area is 199 Å². The van der Waals surface area contributed by atoms with Crippen LogP contribution < -0.4 is 16.0 Å². The number of anilines is 2. The Morgan fingerprint density at radius 1 is 1.12 bits per heavy atom. The van der Waals surface area contributed by atoms with E-state index in [0.717, 1.165) is 17.7 Å². The van der Waals surface area contributed by atoms with Gasteiger partial charge in [0, 0.05) is 34.6 Å².